The van der Waals surface area contributed by atoms with Crippen LogP contribution >= 0.6 is 0 Å². The van der Waals surface area contributed by atoms with Crippen LogP contribution in [-0.2, 0) is 4.74 Å². The zero-order valence-corrected chi connectivity index (χ0v) is 15.1. The van der Waals surface area contributed by atoms with Gasteiger partial charge in [-0.2, -0.15) is 0 Å². The fourth-order valence-electron chi connectivity index (χ4n) is 2.76. The lowest BCUT2D eigenvalue weighted by Crippen LogP contribution is -2.42. The second-order valence-corrected chi connectivity index (χ2v) is 7.48. The lowest BCUT2D eigenvalue weighted by atomic mass is 9.96. The van der Waals surface area contributed by atoms with E-state index in [1.54, 1.807) is 0 Å². The first-order valence-electron chi connectivity index (χ1n) is 8.57. The molecule has 0 radical (unpaired) electrons. The molecule has 2 amide bonds. The van der Waals surface area contributed by atoms with Crippen molar-refractivity contribution in [3.8, 4) is 0 Å². The molecule has 0 saturated carbocycles. The van der Waals surface area contributed by atoms with Crippen LogP contribution in [0.2, 0.25) is 0 Å². The standard InChI is InChI=1S/C19H28N2O3/c1-14-5-7-16(8-6-14)17(22)21-11-9-15(10-12-21)13-20-18(23)24-19(2,3)4/h5-8,15H,9-13H2,1-4H3,(H,20,23). The number of nitrogens with zero attached hydrogens (tertiary/aromatic N) is 1. The van der Waals surface area contributed by atoms with Crippen molar-refractivity contribution in [3.05, 3.63) is 35.4 Å². The number of carbonyl (C=O) groups excluding carboxylic acids is 2. The van der Waals surface area contributed by atoms with Crippen LogP contribution in [0.25, 0.3) is 0 Å². The lowest BCUT2D eigenvalue weighted by molar-refractivity contribution is 0.0500. The van der Waals surface area contributed by atoms with E-state index in [2.05, 4.69) is 5.32 Å². The Hall–Kier alpha value is -2.04. The summed E-state index contributed by atoms with van der Waals surface area (Å²) in [5.41, 5.74) is 1.41. The number of ether oxygens (including phenoxy) is 1. The van der Waals surface area contributed by atoms with Gasteiger partial charge in [0.15, 0.2) is 0 Å². The molecule has 0 bridgehead atoms. The molecule has 24 heavy (non-hydrogen) atoms. The third kappa shape index (κ3) is 5.55. The zero-order chi connectivity index (χ0) is 17.7. The van der Waals surface area contributed by atoms with Crippen molar-refractivity contribution < 1.29 is 14.3 Å². The molecule has 1 aliphatic heterocycles. The number of alkyl carbamates (subject to hydrolysis) is 1. The van der Waals surface area contributed by atoms with Gasteiger partial charge in [-0.3, -0.25) is 4.79 Å². The third-order valence-corrected chi connectivity index (χ3v) is 4.13. The highest BCUT2D eigenvalue weighted by Gasteiger charge is 2.24. The van der Waals surface area contributed by atoms with Gasteiger partial charge >= 0.3 is 6.09 Å². The monoisotopic (exact) mass is 332 g/mol. The smallest absolute Gasteiger partial charge is 0.407 e. The van der Waals surface area contributed by atoms with Gasteiger partial charge in [0.1, 0.15) is 5.60 Å². The van der Waals surface area contributed by atoms with E-state index in [0.717, 1.165) is 37.1 Å². The maximum absolute atomic E-state index is 12.5. The summed E-state index contributed by atoms with van der Waals surface area (Å²) < 4.78 is 5.24. The second kappa shape index (κ2) is 7.69. The quantitative estimate of drug-likeness (QED) is 0.923. The maximum Gasteiger partial charge on any atom is 0.407 e. The summed E-state index contributed by atoms with van der Waals surface area (Å²) in [4.78, 5) is 26.1. The summed E-state index contributed by atoms with van der Waals surface area (Å²) >= 11 is 0. The molecule has 0 atom stereocenters. The number of hydrogen-bond donors (Lipinski definition) is 1. The Morgan fingerprint density at radius 1 is 1.17 bits per heavy atom. The van der Waals surface area contributed by atoms with Crippen LogP contribution in [0.15, 0.2) is 24.3 Å². The molecule has 2 rings (SSSR count). The minimum atomic E-state index is -0.478. The third-order valence-electron chi connectivity index (χ3n) is 4.13. The zero-order valence-electron chi connectivity index (χ0n) is 15.1. The molecule has 1 fully saturated rings. The van der Waals surface area contributed by atoms with Gasteiger partial charge in [-0.1, -0.05) is 17.7 Å². The molecule has 1 aliphatic rings. The lowest BCUT2D eigenvalue weighted by Gasteiger charge is -2.32. The van der Waals surface area contributed by atoms with Crippen LogP contribution in [0.1, 0.15) is 49.5 Å². The van der Waals surface area contributed by atoms with Crippen LogP contribution in [0, 0.1) is 12.8 Å². The van der Waals surface area contributed by atoms with Crippen molar-refractivity contribution in [2.24, 2.45) is 5.92 Å². The van der Waals surface area contributed by atoms with Crippen molar-refractivity contribution in [1.82, 2.24) is 10.2 Å². The highest BCUT2D eigenvalue weighted by atomic mass is 16.6. The van der Waals surface area contributed by atoms with E-state index < -0.39 is 5.60 Å². The molecule has 0 aromatic heterocycles. The van der Waals surface area contributed by atoms with E-state index >= 15 is 0 Å². The number of rotatable bonds is 3. The summed E-state index contributed by atoms with van der Waals surface area (Å²) in [5.74, 6) is 0.480. The normalized spacial score (nSPS) is 15.9. The summed E-state index contributed by atoms with van der Waals surface area (Å²) in [6.07, 6.45) is 1.42. The molecular formula is C19H28N2O3. The molecule has 1 aromatic rings. The van der Waals surface area contributed by atoms with E-state index in [1.165, 1.54) is 0 Å². The van der Waals surface area contributed by atoms with Crippen LogP contribution in [0.4, 0.5) is 4.79 Å². The van der Waals surface area contributed by atoms with Crippen molar-refractivity contribution >= 4 is 12.0 Å². The van der Waals surface area contributed by atoms with Crippen LogP contribution in [0.3, 0.4) is 0 Å². The molecule has 0 unspecified atom stereocenters. The molecular weight excluding hydrogens is 304 g/mol. The van der Waals surface area contributed by atoms with E-state index in [4.69, 9.17) is 4.74 Å². The van der Waals surface area contributed by atoms with Gasteiger partial charge in [0.05, 0.1) is 0 Å². The van der Waals surface area contributed by atoms with E-state index in [0.29, 0.717) is 12.5 Å². The maximum atomic E-state index is 12.5. The van der Waals surface area contributed by atoms with Crippen LogP contribution in [-0.4, -0.2) is 42.1 Å². The molecule has 132 valence electrons. The van der Waals surface area contributed by atoms with E-state index in [1.807, 2.05) is 56.9 Å². The number of benzene rings is 1. The molecule has 1 N–H and O–H groups in total. The molecule has 0 spiro atoms. The summed E-state index contributed by atoms with van der Waals surface area (Å²) in [6, 6.07) is 7.69. The van der Waals surface area contributed by atoms with Crippen molar-refractivity contribution in [3.63, 3.8) is 0 Å². The summed E-state index contributed by atoms with van der Waals surface area (Å²) in [5, 5.41) is 2.83. The predicted molar refractivity (Wildman–Crippen MR) is 94.0 cm³/mol. The van der Waals surface area contributed by atoms with E-state index in [-0.39, 0.29) is 12.0 Å². The Labute approximate surface area is 144 Å². The molecule has 5 heteroatoms. The highest BCUT2D eigenvalue weighted by molar-refractivity contribution is 5.94. The Kier molecular flexibility index (Phi) is 5.86. The van der Waals surface area contributed by atoms with E-state index in [9.17, 15) is 9.59 Å². The molecule has 1 heterocycles. The van der Waals surface area contributed by atoms with Gasteiger partial charge in [-0.15, -0.1) is 0 Å². The number of amides is 2. The van der Waals surface area contributed by atoms with Gasteiger partial charge in [0.2, 0.25) is 0 Å². The van der Waals surface area contributed by atoms with Crippen LogP contribution < -0.4 is 5.32 Å². The molecule has 1 saturated heterocycles. The first-order valence-corrected chi connectivity index (χ1v) is 8.57. The Morgan fingerprint density at radius 2 is 1.75 bits per heavy atom. The highest BCUT2D eigenvalue weighted by Crippen LogP contribution is 2.19. The largest absolute Gasteiger partial charge is 0.444 e. The Morgan fingerprint density at radius 3 is 2.29 bits per heavy atom. The summed E-state index contributed by atoms with van der Waals surface area (Å²) in [6.45, 7) is 9.62. The fourth-order valence-corrected chi connectivity index (χ4v) is 2.76. The van der Waals surface area contributed by atoms with Gasteiger partial charge in [0.25, 0.3) is 5.91 Å². The Bertz CT molecular complexity index is 567. The minimum Gasteiger partial charge on any atom is -0.444 e. The SMILES string of the molecule is Cc1ccc(C(=O)N2CCC(CNC(=O)OC(C)(C)C)CC2)cc1. The number of nitrogens with one attached hydrogen (secondary N) is 1. The van der Waals surface area contributed by atoms with Crippen molar-refractivity contribution in [2.75, 3.05) is 19.6 Å². The number of carbonyl (C=O) groups is 2. The number of likely N-dealkylation sites (tertiary alicyclic amines) is 1. The van der Waals surface area contributed by atoms with Gasteiger partial charge in [-0.25, -0.2) is 4.79 Å². The van der Waals surface area contributed by atoms with Gasteiger partial charge in [-0.05, 0) is 58.6 Å². The second-order valence-electron chi connectivity index (χ2n) is 7.48. The molecule has 1 aromatic carbocycles. The first-order chi connectivity index (χ1) is 11.2. The molecule has 5 nitrogen and oxygen atoms in total. The topological polar surface area (TPSA) is 58.6 Å². The minimum absolute atomic E-state index is 0.0913. The van der Waals surface area contributed by atoms with Crippen molar-refractivity contribution in [2.45, 2.75) is 46.1 Å². The average molecular weight is 332 g/mol. The Balaban J connectivity index is 1.76. The average Bonchev–Trinajstić information content (AvgIpc) is 2.52. The summed E-state index contributed by atoms with van der Waals surface area (Å²) in [7, 11) is 0. The molecule has 0 aliphatic carbocycles. The predicted octanol–water partition coefficient (Wildman–Crippen LogP) is 3.37. The van der Waals surface area contributed by atoms with Gasteiger partial charge in [0, 0.05) is 25.2 Å². The van der Waals surface area contributed by atoms with Gasteiger partial charge < -0.3 is 15.0 Å². The number of piperidine rings is 1. The number of aryl methyl sites for hydroxylation is 1. The first kappa shape index (κ1) is 18.3. The van der Waals surface area contributed by atoms with Crippen molar-refractivity contribution in [1.29, 1.82) is 0 Å². The fraction of sp³-hybridized carbons (Fsp3) is 0.579. The van der Waals surface area contributed by atoms with Crippen LogP contribution in [0.5, 0.6) is 0 Å². The number of hydrogen-bond acceptors (Lipinski definition) is 3.